The van der Waals surface area contributed by atoms with E-state index in [9.17, 15) is 13.2 Å². The van der Waals surface area contributed by atoms with Crippen molar-refractivity contribution < 1.29 is 17.9 Å². The number of amides is 1. The first kappa shape index (κ1) is 17.9. The van der Waals surface area contributed by atoms with E-state index in [1.807, 2.05) is 6.92 Å². The Bertz CT molecular complexity index is 673. The fraction of sp³-hybridized carbons (Fsp3) is 0.562. The molecule has 1 amide bonds. The highest BCUT2D eigenvalue weighted by Gasteiger charge is 2.30. The molecule has 2 atom stereocenters. The van der Waals surface area contributed by atoms with Crippen LogP contribution in [0.2, 0.25) is 0 Å². The second-order valence-corrected chi connectivity index (χ2v) is 7.48. The number of aryl methyl sites for hydroxylation is 1. The number of nitrogens with two attached hydrogens (primary N) is 1. The van der Waals surface area contributed by atoms with Crippen LogP contribution in [0.1, 0.15) is 37.3 Å². The fourth-order valence-electron chi connectivity index (χ4n) is 2.90. The number of ether oxygens (including phenoxy) is 1. The molecule has 0 unspecified atom stereocenters. The Morgan fingerprint density at radius 3 is 2.78 bits per heavy atom. The lowest BCUT2D eigenvalue weighted by molar-refractivity contribution is -0.134. The predicted molar refractivity (Wildman–Crippen MR) is 87.2 cm³/mol. The zero-order valence-corrected chi connectivity index (χ0v) is 14.4. The van der Waals surface area contributed by atoms with Gasteiger partial charge in [0.25, 0.3) is 0 Å². The van der Waals surface area contributed by atoms with E-state index in [1.54, 1.807) is 13.0 Å². The van der Waals surface area contributed by atoms with Gasteiger partial charge in [-0.05, 0) is 49.4 Å². The van der Waals surface area contributed by atoms with Gasteiger partial charge in [0.1, 0.15) is 0 Å². The molecule has 0 bridgehead atoms. The minimum atomic E-state index is -3.71. The van der Waals surface area contributed by atoms with Crippen LogP contribution < -0.4 is 10.5 Å². The van der Waals surface area contributed by atoms with Gasteiger partial charge in [0.2, 0.25) is 15.9 Å². The van der Waals surface area contributed by atoms with Gasteiger partial charge in [-0.25, -0.2) is 13.6 Å². The van der Waals surface area contributed by atoms with Crippen molar-refractivity contribution in [1.82, 2.24) is 5.32 Å². The highest BCUT2D eigenvalue weighted by Crippen LogP contribution is 2.23. The van der Waals surface area contributed by atoms with Crippen LogP contribution in [0.3, 0.4) is 0 Å². The molecule has 7 heteroatoms. The van der Waals surface area contributed by atoms with E-state index in [1.165, 1.54) is 12.1 Å². The van der Waals surface area contributed by atoms with E-state index in [0.29, 0.717) is 6.54 Å². The van der Waals surface area contributed by atoms with Crippen molar-refractivity contribution in [3.63, 3.8) is 0 Å². The smallest absolute Gasteiger partial charge is 0.238 e. The maximum absolute atomic E-state index is 12.4. The lowest BCUT2D eigenvalue weighted by Gasteiger charge is -2.30. The number of hydrogen-bond donors (Lipinski definition) is 2. The molecule has 1 aliphatic heterocycles. The summed E-state index contributed by atoms with van der Waals surface area (Å²) in [6, 6.07) is 4.67. The van der Waals surface area contributed by atoms with Gasteiger partial charge in [-0.3, -0.25) is 4.79 Å². The molecule has 1 fully saturated rings. The Balaban J connectivity index is 2.01. The number of carbonyl (C=O) groups excluding carboxylic acids is 1. The third kappa shape index (κ3) is 4.53. The summed E-state index contributed by atoms with van der Waals surface area (Å²) in [7, 11) is -3.71. The summed E-state index contributed by atoms with van der Waals surface area (Å²) in [5, 5.41) is 8.05. The summed E-state index contributed by atoms with van der Waals surface area (Å²) in [4.78, 5) is 12.5. The summed E-state index contributed by atoms with van der Waals surface area (Å²) in [6.45, 7) is 4.90. The summed E-state index contributed by atoms with van der Waals surface area (Å²) < 4.78 is 28.3. The van der Waals surface area contributed by atoms with Gasteiger partial charge in [0, 0.05) is 13.2 Å². The van der Waals surface area contributed by atoms with Crippen molar-refractivity contribution >= 4 is 15.9 Å². The number of hydrogen-bond acceptors (Lipinski definition) is 4. The highest BCUT2D eigenvalue weighted by atomic mass is 32.2. The van der Waals surface area contributed by atoms with Crippen LogP contribution in [0, 0.1) is 12.8 Å². The zero-order valence-electron chi connectivity index (χ0n) is 13.5. The van der Waals surface area contributed by atoms with E-state index in [-0.39, 0.29) is 22.8 Å². The zero-order chi connectivity index (χ0) is 17.0. The predicted octanol–water partition coefficient (Wildman–Crippen LogP) is 1.46. The minimum Gasteiger partial charge on any atom is -0.377 e. The van der Waals surface area contributed by atoms with Crippen LogP contribution in [-0.4, -0.2) is 27.0 Å². The van der Waals surface area contributed by atoms with E-state index < -0.39 is 10.0 Å². The number of rotatable bonds is 5. The largest absolute Gasteiger partial charge is 0.377 e. The Morgan fingerprint density at radius 1 is 1.43 bits per heavy atom. The van der Waals surface area contributed by atoms with Gasteiger partial charge in [-0.1, -0.05) is 13.0 Å². The Labute approximate surface area is 137 Å². The van der Waals surface area contributed by atoms with Crippen molar-refractivity contribution in [1.29, 1.82) is 0 Å². The first-order chi connectivity index (χ1) is 10.8. The number of benzene rings is 1. The third-order valence-electron chi connectivity index (χ3n) is 4.27. The average Bonchev–Trinajstić information content (AvgIpc) is 2.52. The molecule has 128 valence electrons. The van der Waals surface area contributed by atoms with Crippen LogP contribution in [-0.2, 0) is 26.1 Å². The van der Waals surface area contributed by atoms with Crippen LogP contribution in [0.4, 0.5) is 0 Å². The maximum Gasteiger partial charge on any atom is 0.238 e. The van der Waals surface area contributed by atoms with Crippen molar-refractivity contribution in [2.24, 2.45) is 11.1 Å². The van der Waals surface area contributed by atoms with E-state index in [4.69, 9.17) is 9.88 Å². The lowest BCUT2D eigenvalue weighted by Crippen LogP contribution is -2.41. The quantitative estimate of drug-likeness (QED) is 0.848. The first-order valence-corrected chi connectivity index (χ1v) is 9.39. The molecule has 1 aromatic rings. The number of carbonyl (C=O) groups is 1. The number of nitrogens with one attached hydrogen (secondary N) is 1. The summed E-state index contributed by atoms with van der Waals surface area (Å²) in [5.41, 5.74) is 1.65. The standard InChI is InChI=1S/C16H24N2O4S/c1-3-15-14(5-4-8-22-15)16(19)18-10-12-6-7-13(9-11(12)2)23(17,20)21/h6-7,9,14-15H,3-5,8,10H2,1-2H3,(H,18,19)(H2,17,20,21)/t14-,15+/m1/s1. The van der Waals surface area contributed by atoms with Gasteiger partial charge in [0.05, 0.1) is 16.9 Å². The van der Waals surface area contributed by atoms with Crippen LogP contribution in [0.5, 0.6) is 0 Å². The van der Waals surface area contributed by atoms with Gasteiger partial charge < -0.3 is 10.1 Å². The van der Waals surface area contributed by atoms with Crippen molar-refractivity contribution in [2.45, 2.75) is 50.7 Å². The number of primary sulfonamides is 1. The SMILES string of the molecule is CC[C@@H]1OCCC[C@H]1C(=O)NCc1ccc(S(N)(=O)=O)cc1C. The molecular weight excluding hydrogens is 316 g/mol. The molecule has 0 spiro atoms. The molecule has 0 saturated carbocycles. The van der Waals surface area contributed by atoms with E-state index in [2.05, 4.69) is 5.32 Å². The monoisotopic (exact) mass is 340 g/mol. The van der Waals surface area contributed by atoms with E-state index >= 15 is 0 Å². The molecular formula is C16H24N2O4S. The molecule has 0 radical (unpaired) electrons. The molecule has 1 heterocycles. The Kier molecular flexibility index (Phi) is 5.78. The van der Waals surface area contributed by atoms with Gasteiger partial charge >= 0.3 is 0 Å². The molecule has 0 aromatic heterocycles. The maximum atomic E-state index is 12.4. The summed E-state index contributed by atoms with van der Waals surface area (Å²) in [5.74, 6) is -0.121. The average molecular weight is 340 g/mol. The normalized spacial score (nSPS) is 21.9. The Hall–Kier alpha value is -1.44. The minimum absolute atomic E-state index is 0.00790. The van der Waals surface area contributed by atoms with Crippen LogP contribution in [0.25, 0.3) is 0 Å². The second kappa shape index (κ2) is 7.42. The van der Waals surface area contributed by atoms with Crippen molar-refractivity contribution in [2.75, 3.05) is 6.61 Å². The highest BCUT2D eigenvalue weighted by molar-refractivity contribution is 7.89. The topological polar surface area (TPSA) is 98.5 Å². The summed E-state index contributed by atoms with van der Waals surface area (Å²) >= 11 is 0. The lowest BCUT2D eigenvalue weighted by atomic mass is 9.91. The molecule has 0 aliphatic carbocycles. The fourth-order valence-corrected chi connectivity index (χ4v) is 3.50. The van der Waals surface area contributed by atoms with Crippen LogP contribution >= 0.6 is 0 Å². The molecule has 3 N–H and O–H groups in total. The van der Waals surface area contributed by atoms with Crippen LogP contribution in [0.15, 0.2) is 23.1 Å². The van der Waals surface area contributed by atoms with Crippen molar-refractivity contribution in [3.05, 3.63) is 29.3 Å². The van der Waals surface area contributed by atoms with E-state index in [0.717, 1.165) is 37.0 Å². The molecule has 23 heavy (non-hydrogen) atoms. The molecule has 1 saturated heterocycles. The molecule has 1 aliphatic rings. The van der Waals surface area contributed by atoms with Gasteiger partial charge in [0.15, 0.2) is 0 Å². The Morgan fingerprint density at radius 2 is 2.17 bits per heavy atom. The second-order valence-electron chi connectivity index (χ2n) is 5.92. The molecule has 2 rings (SSSR count). The summed E-state index contributed by atoms with van der Waals surface area (Å²) in [6.07, 6.45) is 2.54. The third-order valence-corrected chi connectivity index (χ3v) is 5.19. The van der Waals surface area contributed by atoms with Crippen molar-refractivity contribution in [3.8, 4) is 0 Å². The molecule has 1 aromatic carbocycles. The molecule has 6 nitrogen and oxygen atoms in total. The van der Waals surface area contributed by atoms with Gasteiger partial charge in [-0.2, -0.15) is 0 Å². The van der Waals surface area contributed by atoms with Gasteiger partial charge in [-0.15, -0.1) is 0 Å². The first-order valence-electron chi connectivity index (χ1n) is 7.84. The number of sulfonamides is 1.